The molecule has 1 N–H and O–H groups in total. The van der Waals surface area contributed by atoms with Gasteiger partial charge in [0.1, 0.15) is 0 Å². The van der Waals surface area contributed by atoms with E-state index in [4.69, 9.17) is 19.2 Å². The Labute approximate surface area is 171 Å². The van der Waals surface area contributed by atoms with Crippen LogP contribution in [0.15, 0.2) is 103 Å². The average molecular weight is 580 g/mol. The van der Waals surface area contributed by atoms with Gasteiger partial charge >= 0.3 is 34.8 Å². The van der Waals surface area contributed by atoms with Gasteiger partial charge in [0, 0.05) is 10.6 Å². The molecule has 0 saturated carbocycles. The summed E-state index contributed by atoms with van der Waals surface area (Å²) in [6.45, 7) is 0. The summed E-state index contributed by atoms with van der Waals surface area (Å²) in [4.78, 5) is 10.1. The molecule has 0 fully saturated rings. The van der Waals surface area contributed by atoms with Crippen LogP contribution in [0.5, 0.6) is 0 Å². The quantitative estimate of drug-likeness (QED) is 0.229. The maximum atomic E-state index is 10.1. The normalized spacial score (nSPS) is 10.0. The molecule has 0 aliphatic carbocycles. The second kappa shape index (κ2) is 12.3. The molecule has 4 rings (SSSR count). The zero-order valence-corrected chi connectivity index (χ0v) is 18.6. The number of fused-ring (bicyclic) bond motifs is 1. The minimum atomic E-state index is -1.17. The molecule has 0 amide bonds. The molecule has 0 radical (unpaired) electrons. The molecule has 0 aliphatic rings. The minimum Gasteiger partial charge on any atom is -0.168 e. The third-order valence-electron chi connectivity index (χ3n) is 3.55. The van der Waals surface area contributed by atoms with Crippen LogP contribution >= 0.6 is 27.3 Å². The molecule has 4 aromatic carbocycles. The zero-order chi connectivity index (χ0) is 18.6. The molecule has 5 heteroatoms. The maximum Gasteiger partial charge on any atom is -0.0809 e. The van der Waals surface area contributed by atoms with Gasteiger partial charge < -0.3 is 4.89 Å². The van der Waals surface area contributed by atoms with E-state index < -0.39 is 23.8 Å². The van der Waals surface area contributed by atoms with Crippen molar-refractivity contribution in [3.63, 3.8) is 0 Å². The molecular formula is C21H18Cl2IrOP. The van der Waals surface area contributed by atoms with Gasteiger partial charge in [-0.05, 0) is 0 Å². The molecule has 4 aromatic rings. The van der Waals surface area contributed by atoms with Crippen molar-refractivity contribution >= 4 is 48.7 Å². The SMILES string of the molecule is OP(c1ccccc1)c1ccccc1.[Cl][Ir+][Cl].c1ccc2[cH-]ccc2c1. The van der Waals surface area contributed by atoms with E-state index in [0.717, 1.165) is 10.6 Å². The van der Waals surface area contributed by atoms with E-state index in [2.05, 4.69) is 42.5 Å². The Morgan fingerprint density at radius 3 is 1.65 bits per heavy atom. The number of rotatable bonds is 2. The van der Waals surface area contributed by atoms with Crippen molar-refractivity contribution in [2.24, 2.45) is 0 Å². The summed E-state index contributed by atoms with van der Waals surface area (Å²) < 4.78 is 0. The Balaban J connectivity index is 0.000000173. The second-order valence-corrected chi connectivity index (χ2v) is 10.3. The molecular weight excluding hydrogens is 562 g/mol. The van der Waals surface area contributed by atoms with E-state index in [0.29, 0.717) is 0 Å². The summed E-state index contributed by atoms with van der Waals surface area (Å²) in [5.74, 6) is 0. The minimum absolute atomic E-state index is 0.556. The molecule has 1 nitrogen and oxygen atoms in total. The van der Waals surface area contributed by atoms with Gasteiger partial charge in [-0.1, -0.05) is 66.7 Å². The zero-order valence-electron chi connectivity index (χ0n) is 13.8. The van der Waals surface area contributed by atoms with Crippen molar-refractivity contribution in [1.82, 2.24) is 0 Å². The molecule has 0 unspecified atom stereocenters. The summed E-state index contributed by atoms with van der Waals surface area (Å²) in [7, 11) is 8.61. The first-order chi connectivity index (χ1) is 12.8. The Kier molecular flexibility index (Phi) is 10.0. The Bertz CT molecular complexity index is 799. The first-order valence-corrected chi connectivity index (χ1v) is 15.0. The van der Waals surface area contributed by atoms with Crippen LogP contribution in [0.4, 0.5) is 0 Å². The first kappa shape index (κ1) is 21.2. The molecule has 0 aliphatic heterocycles. The van der Waals surface area contributed by atoms with Gasteiger partial charge in [0.15, 0.2) is 0 Å². The summed E-state index contributed by atoms with van der Waals surface area (Å²) in [6, 6.07) is 34.2. The smallest absolute Gasteiger partial charge is 0.0809 e. The second-order valence-electron chi connectivity index (χ2n) is 5.19. The molecule has 0 bridgehead atoms. The van der Waals surface area contributed by atoms with Crippen LogP contribution in [0, 0.1) is 0 Å². The van der Waals surface area contributed by atoms with Gasteiger partial charge in [-0.15, -0.1) is 29.7 Å². The van der Waals surface area contributed by atoms with Crippen LogP contribution < -0.4 is 10.6 Å². The van der Waals surface area contributed by atoms with Gasteiger partial charge in [-0.25, -0.2) is 0 Å². The van der Waals surface area contributed by atoms with E-state index in [1.165, 1.54) is 10.8 Å². The van der Waals surface area contributed by atoms with E-state index in [9.17, 15) is 4.89 Å². The van der Waals surface area contributed by atoms with Gasteiger partial charge in [0.05, 0.1) is 8.15 Å². The topological polar surface area (TPSA) is 20.2 Å². The van der Waals surface area contributed by atoms with E-state index in [1.807, 2.05) is 60.7 Å². The van der Waals surface area contributed by atoms with E-state index in [1.54, 1.807) is 0 Å². The summed E-state index contributed by atoms with van der Waals surface area (Å²) in [5, 5.41) is 4.65. The largest absolute Gasteiger partial charge is 0.168 e. The van der Waals surface area contributed by atoms with Crippen molar-refractivity contribution in [3.05, 3.63) is 103 Å². The van der Waals surface area contributed by atoms with Crippen molar-refractivity contribution < 1.29 is 20.6 Å². The molecule has 26 heavy (non-hydrogen) atoms. The fraction of sp³-hybridized carbons (Fsp3) is 0. The average Bonchev–Trinajstić information content (AvgIpc) is 3.19. The van der Waals surface area contributed by atoms with Crippen LogP contribution in [0.1, 0.15) is 0 Å². The fourth-order valence-corrected chi connectivity index (χ4v) is 3.56. The maximum absolute atomic E-state index is 10.1. The third-order valence-corrected chi connectivity index (χ3v) is 5.12. The van der Waals surface area contributed by atoms with Gasteiger partial charge in [-0.2, -0.15) is 17.5 Å². The van der Waals surface area contributed by atoms with Gasteiger partial charge in [0.2, 0.25) is 0 Å². The van der Waals surface area contributed by atoms with Crippen LogP contribution in [0.2, 0.25) is 0 Å². The Hall–Kier alpha value is -1.11. The van der Waals surface area contributed by atoms with Crippen LogP contribution in [-0.4, -0.2) is 4.89 Å². The van der Waals surface area contributed by atoms with Crippen LogP contribution in [0.25, 0.3) is 10.8 Å². The monoisotopic (exact) mass is 580 g/mol. The third kappa shape index (κ3) is 6.89. The Morgan fingerprint density at radius 2 is 1.15 bits per heavy atom. The fourth-order valence-electron chi connectivity index (χ4n) is 2.36. The van der Waals surface area contributed by atoms with Crippen LogP contribution in [0.3, 0.4) is 0 Å². The van der Waals surface area contributed by atoms with E-state index in [-0.39, 0.29) is 0 Å². The van der Waals surface area contributed by atoms with Crippen molar-refractivity contribution in [2.45, 2.75) is 0 Å². The van der Waals surface area contributed by atoms with Crippen molar-refractivity contribution in [2.75, 3.05) is 0 Å². The number of hydrogen-bond acceptors (Lipinski definition) is 1. The number of halogens is 2. The van der Waals surface area contributed by atoms with Gasteiger partial charge in [-0.3, -0.25) is 0 Å². The first-order valence-electron chi connectivity index (χ1n) is 7.79. The van der Waals surface area contributed by atoms with Crippen molar-refractivity contribution in [1.29, 1.82) is 0 Å². The predicted molar refractivity (Wildman–Crippen MR) is 113 cm³/mol. The summed E-state index contributed by atoms with van der Waals surface area (Å²) in [6.07, 6.45) is 0. The van der Waals surface area contributed by atoms with E-state index >= 15 is 0 Å². The summed E-state index contributed by atoms with van der Waals surface area (Å²) in [5.41, 5.74) is 0. The van der Waals surface area contributed by atoms with Crippen molar-refractivity contribution in [3.8, 4) is 0 Å². The molecule has 136 valence electrons. The van der Waals surface area contributed by atoms with Crippen LogP contribution in [-0.2, 0) is 15.7 Å². The molecule has 0 aromatic heterocycles. The number of hydrogen-bond donors (Lipinski definition) is 1. The Morgan fingerprint density at radius 1 is 0.692 bits per heavy atom. The molecule has 0 heterocycles. The van der Waals surface area contributed by atoms with Gasteiger partial charge in [0.25, 0.3) is 0 Å². The molecule has 0 saturated heterocycles. The number of benzene rings is 3. The summed E-state index contributed by atoms with van der Waals surface area (Å²) >= 11 is -0.556. The molecule has 0 spiro atoms. The predicted octanol–water partition coefficient (Wildman–Crippen LogP) is 5.96. The molecule has 0 atom stereocenters. The standard InChI is InChI=1S/C12H11OP.C9H7.2ClH.Ir/c13-14(11-7-3-1-4-8-11)12-9-5-2-6-10-12;1-2-5-9-7-3-6-8(9)4-1;;;/h1-10,13H;1-7H;2*1H;/q;-1;;;+3/p-2.